The van der Waals surface area contributed by atoms with Gasteiger partial charge in [0.2, 0.25) is 0 Å². The fraction of sp³-hybridized carbons (Fsp3) is 0.543. The number of hydrogen-bond donors (Lipinski definition) is 3. The number of carbonyl (C=O) groups is 2. The first kappa shape index (κ1) is 45.6. The molecule has 1 saturated heterocycles. The Balaban J connectivity index is 1.44. The van der Waals surface area contributed by atoms with Gasteiger partial charge in [0.1, 0.15) is 17.9 Å². The third-order valence-corrected chi connectivity index (χ3v) is 12.5. The van der Waals surface area contributed by atoms with Gasteiger partial charge >= 0.3 is 0 Å². The normalized spacial score (nSPS) is 24.3. The number of methoxy groups -OCH3 is 1. The Morgan fingerprint density at radius 3 is 2.51 bits per heavy atom. The molecule has 0 radical (unpaired) electrons. The molecule has 5 rings (SSSR count). The predicted octanol–water partition coefficient (Wildman–Crippen LogP) is 6.73. The van der Waals surface area contributed by atoms with Crippen LogP contribution in [0.2, 0.25) is 0 Å². The Morgan fingerprint density at radius 1 is 1.15 bits per heavy atom. The van der Waals surface area contributed by atoms with Gasteiger partial charge in [0, 0.05) is 53.5 Å². The zero-order valence-corrected chi connectivity index (χ0v) is 35.8. The fourth-order valence-electron chi connectivity index (χ4n) is 9.49. The van der Waals surface area contributed by atoms with Gasteiger partial charge < -0.3 is 25.2 Å². The molecule has 3 aromatic carbocycles. The third-order valence-electron chi connectivity index (χ3n) is 12.5. The highest BCUT2D eigenvalue weighted by atomic mass is 16.7. The Kier molecular flexibility index (Phi) is 15.6. The lowest BCUT2D eigenvalue weighted by molar-refractivity contribution is -0.384. The Morgan fingerprint density at radius 2 is 1.88 bits per heavy atom. The minimum atomic E-state index is -1.01. The number of aliphatic imine (C=N–C) groups is 1. The van der Waals surface area contributed by atoms with Crippen molar-refractivity contribution in [2.24, 2.45) is 34.1 Å². The lowest BCUT2D eigenvalue weighted by atomic mass is 9.60. The number of hydrogen-bond acceptors (Lipinski definition) is 10. The quantitative estimate of drug-likeness (QED) is 0.0756. The molecule has 3 aromatic rings. The highest BCUT2D eigenvalue weighted by Crippen LogP contribution is 2.48. The lowest BCUT2D eigenvalue weighted by Crippen LogP contribution is -2.43. The third kappa shape index (κ3) is 11.0. The number of nitrogens with one attached hydrogen (secondary N) is 1. The summed E-state index contributed by atoms with van der Waals surface area (Å²) in [6, 6.07) is 18.4. The molecule has 59 heavy (non-hydrogen) atoms. The number of likely N-dealkylation sites (N-methyl/N-ethyl adjacent to an activating group) is 1. The summed E-state index contributed by atoms with van der Waals surface area (Å²) in [4.78, 5) is 52.3. The van der Waals surface area contributed by atoms with E-state index in [1.54, 1.807) is 37.4 Å². The van der Waals surface area contributed by atoms with Crippen LogP contribution in [0.3, 0.4) is 0 Å². The van der Waals surface area contributed by atoms with Gasteiger partial charge in [-0.25, -0.2) is 4.99 Å². The molecular formula is C46H63N5O8. The number of nitro groups is 1. The number of aryl methyl sites for hydroxylation is 1. The van der Waals surface area contributed by atoms with E-state index in [0.717, 1.165) is 31.2 Å². The van der Waals surface area contributed by atoms with E-state index in [-0.39, 0.29) is 35.2 Å². The van der Waals surface area contributed by atoms with E-state index in [0.29, 0.717) is 47.2 Å². The van der Waals surface area contributed by atoms with Crippen LogP contribution < -0.4 is 10.1 Å². The average molecular weight is 814 g/mol. The van der Waals surface area contributed by atoms with Crippen LogP contribution in [0.5, 0.6) is 5.75 Å². The molecule has 0 bridgehead atoms. The Labute approximate surface area is 348 Å². The maximum atomic E-state index is 14.1. The molecular weight excluding hydrogens is 751 g/mol. The summed E-state index contributed by atoms with van der Waals surface area (Å²) in [6.45, 7) is 10.8. The second-order valence-corrected chi connectivity index (χ2v) is 17.3. The molecule has 13 nitrogen and oxygen atoms in total. The number of amides is 2. The molecule has 320 valence electrons. The zero-order chi connectivity index (χ0) is 43.0. The minimum Gasteiger partial charge on any atom is -0.496 e. The van der Waals surface area contributed by atoms with Crippen molar-refractivity contribution in [3.8, 4) is 16.9 Å². The summed E-state index contributed by atoms with van der Waals surface area (Å²) in [5.41, 5.74) is 2.68. The number of hydroxylamine groups is 2. The van der Waals surface area contributed by atoms with Crippen molar-refractivity contribution < 1.29 is 34.3 Å². The summed E-state index contributed by atoms with van der Waals surface area (Å²) in [5.74, 6) is -0.383. The van der Waals surface area contributed by atoms with E-state index in [1.165, 1.54) is 24.3 Å². The summed E-state index contributed by atoms with van der Waals surface area (Å²) in [5, 5.41) is 38.1. The van der Waals surface area contributed by atoms with Crippen molar-refractivity contribution in [2.75, 3.05) is 34.4 Å². The largest absolute Gasteiger partial charge is 0.496 e. The number of para-hydroxylation sites is 1. The minimum absolute atomic E-state index is 0.00445. The van der Waals surface area contributed by atoms with Gasteiger partial charge in [-0.2, -0.15) is 5.06 Å². The van der Waals surface area contributed by atoms with Crippen molar-refractivity contribution in [2.45, 2.75) is 97.6 Å². The number of aliphatic hydroxyl groups is 2. The Bertz CT molecular complexity index is 1940. The molecule has 2 aliphatic rings. The van der Waals surface area contributed by atoms with Gasteiger partial charge in [0.15, 0.2) is 0 Å². The second kappa shape index (κ2) is 20.2. The molecule has 0 spiro atoms. The molecule has 1 saturated carbocycles. The Hall–Kier alpha value is -4.53. The van der Waals surface area contributed by atoms with Crippen LogP contribution in [0.4, 0.5) is 5.69 Å². The molecule has 0 aromatic heterocycles. The van der Waals surface area contributed by atoms with Crippen molar-refractivity contribution in [3.05, 3.63) is 93.5 Å². The maximum absolute atomic E-state index is 14.1. The van der Waals surface area contributed by atoms with E-state index in [9.17, 15) is 29.9 Å². The van der Waals surface area contributed by atoms with Crippen LogP contribution in [-0.2, 0) is 22.6 Å². The van der Waals surface area contributed by atoms with E-state index in [2.05, 4.69) is 38.0 Å². The van der Waals surface area contributed by atoms with Gasteiger partial charge in [-0.05, 0) is 87.1 Å². The van der Waals surface area contributed by atoms with Crippen LogP contribution in [0, 0.1) is 39.2 Å². The summed E-state index contributed by atoms with van der Waals surface area (Å²) in [7, 11) is 5.34. The standard InChI is InChI=1S/C46H63N5O8/c1-9-39-29(2)32(20-21-46(39,4)5)25-47-45(55)42-41(30(3)53)40(28-52)59-50(42)26-33-16-13-17-38(43(33)58-8)34-22-35(24-37(23-34)51(56)57)44(54)48-36(27-49(6)7)19-18-31-14-11-10-12-15-31/h10-17,22-25,29-30,32,36,39-42,52-53H,9,18-21,26-28H2,1-8H3,(H,48,54)/t29-,30+,32?,36+,39+,40+,41?,42+/m1/s1. The number of carbonyl (C=O) groups excluding carboxylic acids is 2. The summed E-state index contributed by atoms with van der Waals surface area (Å²) >= 11 is 0. The number of rotatable bonds is 17. The average Bonchev–Trinajstić information content (AvgIpc) is 3.58. The van der Waals surface area contributed by atoms with Crippen molar-refractivity contribution in [1.29, 1.82) is 0 Å². The molecule has 8 atom stereocenters. The SMILES string of the molecule is CC[C@H]1[C@H](C)C(C=NC(=O)[C@@H]2C([C@H](C)O)[C@H](CO)ON2Cc2cccc(-c3cc(C(=O)N[C@@H](CCc4ccccc4)CN(C)C)cc([N+](=O)[O-])c3)c2OC)CCC1(C)C. The van der Waals surface area contributed by atoms with Gasteiger partial charge in [-0.1, -0.05) is 82.6 Å². The number of ether oxygens (including phenoxy) is 1. The predicted molar refractivity (Wildman–Crippen MR) is 229 cm³/mol. The molecule has 3 N–H and O–H groups in total. The first-order valence-electron chi connectivity index (χ1n) is 20.8. The first-order chi connectivity index (χ1) is 28.1. The second-order valence-electron chi connectivity index (χ2n) is 17.3. The van der Waals surface area contributed by atoms with Crippen LogP contribution in [0.25, 0.3) is 11.1 Å². The molecule has 13 heteroatoms. The maximum Gasteiger partial charge on any atom is 0.270 e. The number of benzene rings is 3. The lowest BCUT2D eigenvalue weighted by Gasteiger charge is -2.45. The smallest absolute Gasteiger partial charge is 0.270 e. The number of nitrogens with zero attached hydrogens (tertiary/aromatic N) is 4. The number of aliphatic hydroxyl groups excluding tert-OH is 2. The highest BCUT2D eigenvalue weighted by Gasteiger charge is 2.49. The van der Waals surface area contributed by atoms with E-state index < -0.39 is 47.5 Å². The van der Waals surface area contributed by atoms with Crippen LogP contribution in [-0.4, -0.2) is 102 Å². The van der Waals surface area contributed by atoms with Crippen LogP contribution >= 0.6 is 0 Å². The monoisotopic (exact) mass is 813 g/mol. The van der Waals surface area contributed by atoms with Gasteiger partial charge in [0.05, 0.1) is 31.3 Å². The molecule has 2 fully saturated rings. The molecule has 1 aliphatic carbocycles. The van der Waals surface area contributed by atoms with E-state index >= 15 is 0 Å². The summed E-state index contributed by atoms with van der Waals surface area (Å²) in [6.07, 6.45) is 4.31. The zero-order valence-electron chi connectivity index (χ0n) is 35.8. The van der Waals surface area contributed by atoms with Crippen LogP contribution in [0.1, 0.15) is 81.8 Å². The number of nitro benzene ring substituents is 1. The molecule has 2 unspecified atom stereocenters. The van der Waals surface area contributed by atoms with Gasteiger partial charge in [0.25, 0.3) is 17.5 Å². The molecule has 1 heterocycles. The fourth-order valence-corrected chi connectivity index (χ4v) is 9.49. The van der Waals surface area contributed by atoms with Gasteiger partial charge in [-0.3, -0.25) is 24.5 Å². The van der Waals surface area contributed by atoms with Crippen molar-refractivity contribution in [1.82, 2.24) is 15.3 Å². The first-order valence-corrected chi connectivity index (χ1v) is 20.8. The number of non-ortho nitro benzene ring substituents is 1. The molecule has 2 amide bonds. The van der Waals surface area contributed by atoms with Crippen molar-refractivity contribution in [3.63, 3.8) is 0 Å². The van der Waals surface area contributed by atoms with Gasteiger partial charge in [-0.15, -0.1) is 0 Å². The highest BCUT2D eigenvalue weighted by molar-refractivity contribution is 5.97. The van der Waals surface area contributed by atoms with E-state index in [4.69, 9.17) is 9.57 Å². The summed E-state index contributed by atoms with van der Waals surface area (Å²) < 4.78 is 5.95. The van der Waals surface area contributed by atoms with E-state index in [1.807, 2.05) is 49.3 Å². The van der Waals surface area contributed by atoms with Crippen molar-refractivity contribution >= 4 is 23.7 Å². The topological polar surface area (TPSA) is 167 Å². The van der Waals surface area contributed by atoms with Crippen LogP contribution in [0.15, 0.2) is 71.7 Å². The molecule has 1 aliphatic heterocycles.